The number of nitrogens with zero attached hydrogens (tertiary/aromatic N) is 5. The molecule has 0 radical (unpaired) electrons. The third-order valence-electron chi connectivity index (χ3n) is 5.23. The van der Waals surface area contributed by atoms with Crippen LogP contribution in [0, 0.1) is 24.2 Å². The molecule has 3 aromatic rings. The molecule has 1 saturated heterocycles. The summed E-state index contributed by atoms with van der Waals surface area (Å²) in [6.45, 7) is 5.25. The Morgan fingerprint density at radius 2 is 2.24 bits per heavy atom. The second-order valence-electron chi connectivity index (χ2n) is 7.59. The quantitative estimate of drug-likeness (QED) is 0.710. The van der Waals surface area contributed by atoms with Gasteiger partial charge in [0.15, 0.2) is 0 Å². The number of aromatic nitrogens is 4. The highest BCUT2D eigenvalue weighted by Gasteiger charge is 2.28. The number of aromatic amines is 1. The average Bonchev–Trinajstić information content (AvgIpc) is 3.17. The number of aryl methyl sites for hydroxylation is 1. The number of H-pyrrole nitrogens is 1. The summed E-state index contributed by atoms with van der Waals surface area (Å²) in [6.07, 6.45) is 6.28. The van der Waals surface area contributed by atoms with Gasteiger partial charge in [-0.2, -0.15) is 5.26 Å². The van der Waals surface area contributed by atoms with Crippen LogP contribution >= 0.6 is 0 Å². The number of fused-ring (bicyclic) bond motifs is 1. The van der Waals surface area contributed by atoms with E-state index in [1.807, 2.05) is 37.5 Å². The maximum absolute atomic E-state index is 12.3. The van der Waals surface area contributed by atoms with E-state index in [1.54, 1.807) is 11.1 Å². The smallest absolute Gasteiger partial charge is 0.236 e. The van der Waals surface area contributed by atoms with Gasteiger partial charge in [-0.15, -0.1) is 0 Å². The Balaban J connectivity index is 1.70. The predicted molar refractivity (Wildman–Crippen MR) is 110 cm³/mol. The van der Waals surface area contributed by atoms with Gasteiger partial charge in [-0.05, 0) is 31.4 Å². The van der Waals surface area contributed by atoms with Gasteiger partial charge in [-0.3, -0.25) is 4.79 Å². The molecule has 0 saturated carbocycles. The first-order chi connectivity index (χ1) is 14.0. The summed E-state index contributed by atoms with van der Waals surface area (Å²) in [5, 5.41) is 13.5. The molecular weight excluding hydrogens is 366 g/mol. The highest BCUT2D eigenvalue weighted by atomic mass is 16.2. The third-order valence-corrected chi connectivity index (χ3v) is 5.23. The van der Waals surface area contributed by atoms with Gasteiger partial charge in [-0.1, -0.05) is 6.92 Å². The van der Waals surface area contributed by atoms with E-state index in [9.17, 15) is 4.79 Å². The Hall–Kier alpha value is -3.47. The largest absolute Gasteiger partial charge is 0.379 e. The molecular formula is C21H23N7O. The number of nitriles is 1. The molecule has 1 aliphatic heterocycles. The molecule has 4 rings (SSSR count). The summed E-state index contributed by atoms with van der Waals surface area (Å²) >= 11 is 0. The van der Waals surface area contributed by atoms with E-state index >= 15 is 0 Å². The van der Waals surface area contributed by atoms with Crippen molar-refractivity contribution in [3.8, 4) is 17.3 Å². The first-order valence-electron chi connectivity index (χ1n) is 9.72. The molecule has 0 unspecified atom stereocenters. The lowest BCUT2D eigenvalue weighted by molar-refractivity contribution is -0.132. The van der Waals surface area contributed by atoms with Gasteiger partial charge in [0, 0.05) is 48.7 Å². The van der Waals surface area contributed by atoms with Crippen molar-refractivity contribution in [2.24, 2.45) is 5.92 Å². The highest BCUT2D eigenvalue weighted by Crippen LogP contribution is 2.34. The molecule has 1 fully saturated rings. The number of rotatable bonds is 4. The second kappa shape index (κ2) is 7.87. The molecule has 29 heavy (non-hydrogen) atoms. The van der Waals surface area contributed by atoms with Gasteiger partial charge < -0.3 is 15.2 Å². The molecule has 1 aliphatic rings. The van der Waals surface area contributed by atoms with Crippen LogP contribution in [-0.4, -0.2) is 49.9 Å². The van der Waals surface area contributed by atoms with Crippen LogP contribution in [0.25, 0.3) is 22.3 Å². The summed E-state index contributed by atoms with van der Waals surface area (Å²) in [6, 6.07) is 5.90. The van der Waals surface area contributed by atoms with Crippen molar-refractivity contribution in [1.82, 2.24) is 24.8 Å². The maximum atomic E-state index is 12.3. The van der Waals surface area contributed by atoms with Crippen LogP contribution in [0.1, 0.15) is 25.6 Å². The summed E-state index contributed by atoms with van der Waals surface area (Å²) in [7, 11) is 0. The Labute approximate surface area is 169 Å². The fourth-order valence-electron chi connectivity index (χ4n) is 4.01. The van der Waals surface area contributed by atoms with Crippen molar-refractivity contribution < 1.29 is 4.79 Å². The molecule has 8 nitrogen and oxygen atoms in total. The number of anilines is 1. The fourth-order valence-corrected chi connectivity index (χ4v) is 4.01. The van der Waals surface area contributed by atoms with Gasteiger partial charge in [0.05, 0.1) is 17.5 Å². The molecule has 0 spiro atoms. The van der Waals surface area contributed by atoms with Crippen molar-refractivity contribution in [1.29, 1.82) is 5.26 Å². The topological polar surface area (TPSA) is 111 Å². The molecule has 2 N–H and O–H groups in total. The molecule has 1 amide bonds. The molecule has 0 aliphatic carbocycles. The first-order valence-corrected chi connectivity index (χ1v) is 9.72. The SMILES string of the molecule is Cc1nccc(-c2cnc3[nH]ccc3c2N[C@@H]2C[C@H](C)CN(C(=O)CC#N)C2)n1. The van der Waals surface area contributed by atoms with E-state index in [4.69, 9.17) is 5.26 Å². The van der Waals surface area contributed by atoms with Gasteiger partial charge in [-0.25, -0.2) is 15.0 Å². The Kier molecular flexibility index (Phi) is 5.12. The van der Waals surface area contributed by atoms with Gasteiger partial charge in [0.25, 0.3) is 0 Å². The molecule has 3 aromatic heterocycles. The number of likely N-dealkylation sites (tertiary alicyclic amines) is 1. The normalized spacial score (nSPS) is 19.1. The zero-order valence-corrected chi connectivity index (χ0v) is 16.5. The fraction of sp³-hybridized carbons (Fsp3) is 0.381. The number of carbonyl (C=O) groups is 1. The zero-order valence-electron chi connectivity index (χ0n) is 16.5. The van der Waals surface area contributed by atoms with Crippen molar-refractivity contribution in [3.05, 3.63) is 36.5 Å². The number of carbonyl (C=O) groups excluding carboxylic acids is 1. The van der Waals surface area contributed by atoms with Crippen LogP contribution < -0.4 is 5.32 Å². The Morgan fingerprint density at radius 3 is 3.03 bits per heavy atom. The number of pyridine rings is 1. The first kappa shape index (κ1) is 18.9. The van der Waals surface area contributed by atoms with Crippen molar-refractivity contribution >= 4 is 22.6 Å². The van der Waals surface area contributed by atoms with Gasteiger partial charge >= 0.3 is 0 Å². The Bertz CT molecular complexity index is 1080. The summed E-state index contributed by atoms with van der Waals surface area (Å²) in [5.41, 5.74) is 3.44. The lowest BCUT2D eigenvalue weighted by atomic mass is 9.95. The van der Waals surface area contributed by atoms with Crippen LogP contribution in [0.4, 0.5) is 5.69 Å². The number of piperidine rings is 1. The minimum absolute atomic E-state index is 0.0728. The minimum Gasteiger partial charge on any atom is -0.379 e. The van der Waals surface area contributed by atoms with E-state index in [1.165, 1.54) is 0 Å². The molecule has 8 heteroatoms. The number of hydrogen-bond acceptors (Lipinski definition) is 6. The van der Waals surface area contributed by atoms with Crippen LogP contribution in [-0.2, 0) is 4.79 Å². The molecule has 4 heterocycles. The molecule has 0 bridgehead atoms. The van der Waals surface area contributed by atoms with Crippen LogP contribution in [0.15, 0.2) is 30.7 Å². The molecule has 2 atom stereocenters. The number of nitrogens with one attached hydrogen (secondary N) is 2. The van der Waals surface area contributed by atoms with E-state index in [0.29, 0.717) is 24.8 Å². The van der Waals surface area contributed by atoms with Crippen LogP contribution in [0.2, 0.25) is 0 Å². The highest BCUT2D eigenvalue weighted by molar-refractivity contribution is 5.97. The van der Waals surface area contributed by atoms with E-state index in [0.717, 1.165) is 34.4 Å². The van der Waals surface area contributed by atoms with Crippen molar-refractivity contribution in [2.45, 2.75) is 32.7 Å². The van der Waals surface area contributed by atoms with Crippen LogP contribution in [0.5, 0.6) is 0 Å². The second-order valence-corrected chi connectivity index (χ2v) is 7.59. The van der Waals surface area contributed by atoms with Gasteiger partial charge in [0.1, 0.15) is 17.9 Å². The monoisotopic (exact) mass is 389 g/mol. The van der Waals surface area contributed by atoms with Crippen molar-refractivity contribution in [3.63, 3.8) is 0 Å². The molecule has 148 valence electrons. The lowest BCUT2D eigenvalue weighted by Gasteiger charge is -2.37. The van der Waals surface area contributed by atoms with E-state index in [-0.39, 0.29) is 18.4 Å². The summed E-state index contributed by atoms with van der Waals surface area (Å²) < 4.78 is 0. The third kappa shape index (κ3) is 3.90. The standard InChI is InChI=1S/C21H23N7O/c1-13-9-15(12-28(11-13)19(29)3-6-22)27-20-16-4-7-24-21(16)25-10-17(20)18-5-8-23-14(2)26-18/h4-5,7-8,10,13,15H,3,9,11-12H2,1-2H3,(H2,24,25,27)/t13-,15+/m0/s1. The number of hydrogen-bond donors (Lipinski definition) is 2. The predicted octanol–water partition coefficient (Wildman–Crippen LogP) is 2.89. The molecule has 0 aromatic carbocycles. The average molecular weight is 389 g/mol. The number of amides is 1. The van der Waals surface area contributed by atoms with E-state index in [2.05, 4.69) is 32.2 Å². The lowest BCUT2D eigenvalue weighted by Crippen LogP contribution is -2.48. The van der Waals surface area contributed by atoms with Gasteiger partial charge in [0.2, 0.25) is 5.91 Å². The minimum atomic E-state index is -0.112. The Morgan fingerprint density at radius 1 is 1.38 bits per heavy atom. The maximum Gasteiger partial charge on any atom is 0.236 e. The van der Waals surface area contributed by atoms with E-state index < -0.39 is 0 Å². The summed E-state index contributed by atoms with van der Waals surface area (Å²) in [5.74, 6) is 0.929. The summed E-state index contributed by atoms with van der Waals surface area (Å²) in [4.78, 5) is 30.5. The zero-order chi connectivity index (χ0) is 20.4. The van der Waals surface area contributed by atoms with Crippen LogP contribution in [0.3, 0.4) is 0 Å². The van der Waals surface area contributed by atoms with Crippen molar-refractivity contribution in [2.75, 3.05) is 18.4 Å².